The Kier molecular flexibility index (Phi) is 5.18. The maximum absolute atomic E-state index is 13.2. The van der Waals surface area contributed by atoms with Crippen LogP contribution in [0.1, 0.15) is 49.2 Å². The molecule has 2 atom stereocenters. The molecule has 134 valence electrons. The van der Waals surface area contributed by atoms with Gasteiger partial charge in [-0.3, -0.25) is 4.79 Å². The minimum absolute atomic E-state index is 0.0994. The second-order valence-corrected chi connectivity index (χ2v) is 7.04. The van der Waals surface area contributed by atoms with Crippen LogP contribution in [0.5, 0.6) is 0 Å². The van der Waals surface area contributed by atoms with E-state index < -0.39 is 0 Å². The maximum atomic E-state index is 13.2. The zero-order valence-electron chi connectivity index (χ0n) is 14.9. The third-order valence-electron chi connectivity index (χ3n) is 4.81. The van der Waals surface area contributed by atoms with E-state index >= 15 is 0 Å². The molecule has 1 aromatic heterocycles. The molecule has 2 aromatic rings. The molecule has 0 aliphatic carbocycles. The van der Waals surface area contributed by atoms with Crippen molar-refractivity contribution in [2.45, 2.75) is 39.2 Å². The summed E-state index contributed by atoms with van der Waals surface area (Å²) in [6.07, 6.45) is 2.66. The minimum Gasteiger partial charge on any atom is -0.348 e. The first kappa shape index (κ1) is 17.6. The molecule has 1 amide bonds. The summed E-state index contributed by atoms with van der Waals surface area (Å²) >= 11 is 0. The normalized spacial score (nSPS) is 20.7. The SMILES string of the molecule is CC(C)c1c(C(=O)NC2CNCCC2C)cnn1-c1ccc(F)cc1. The lowest BCUT2D eigenvalue weighted by molar-refractivity contribution is 0.0914. The van der Waals surface area contributed by atoms with Crippen LogP contribution in [-0.2, 0) is 0 Å². The molecule has 3 rings (SSSR count). The zero-order chi connectivity index (χ0) is 18.0. The molecule has 0 saturated carbocycles. The van der Waals surface area contributed by atoms with Crippen molar-refractivity contribution in [1.82, 2.24) is 20.4 Å². The quantitative estimate of drug-likeness (QED) is 0.897. The summed E-state index contributed by atoms with van der Waals surface area (Å²) in [5.41, 5.74) is 2.16. The number of halogens is 1. The van der Waals surface area contributed by atoms with Crippen LogP contribution in [-0.4, -0.2) is 34.8 Å². The molecule has 1 aliphatic rings. The van der Waals surface area contributed by atoms with Gasteiger partial charge in [0.05, 0.1) is 23.1 Å². The second kappa shape index (κ2) is 7.35. The number of rotatable bonds is 4. The van der Waals surface area contributed by atoms with Crippen LogP contribution < -0.4 is 10.6 Å². The average molecular weight is 344 g/mol. The van der Waals surface area contributed by atoms with Gasteiger partial charge < -0.3 is 10.6 Å². The first-order valence-corrected chi connectivity index (χ1v) is 8.82. The molecule has 1 saturated heterocycles. The van der Waals surface area contributed by atoms with Crippen molar-refractivity contribution in [2.24, 2.45) is 5.92 Å². The van der Waals surface area contributed by atoms with E-state index in [1.807, 2.05) is 13.8 Å². The summed E-state index contributed by atoms with van der Waals surface area (Å²) in [4.78, 5) is 12.8. The van der Waals surface area contributed by atoms with Gasteiger partial charge in [0.25, 0.3) is 5.91 Å². The van der Waals surface area contributed by atoms with Crippen LogP contribution in [0.15, 0.2) is 30.5 Å². The Hall–Kier alpha value is -2.21. The van der Waals surface area contributed by atoms with Crippen LogP contribution in [0.4, 0.5) is 4.39 Å². The predicted molar refractivity (Wildman–Crippen MR) is 95.5 cm³/mol. The molecule has 1 aliphatic heterocycles. The van der Waals surface area contributed by atoms with Gasteiger partial charge in [-0.15, -0.1) is 0 Å². The summed E-state index contributed by atoms with van der Waals surface area (Å²) in [7, 11) is 0. The Bertz CT molecular complexity index is 738. The topological polar surface area (TPSA) is 59.0 Å². The maximum Gasteiger partial charge on any atom is 0.255 e. The summed E-state index contributed by atoms with van der Waals surface area (Å²) in [5.74, 6) is 0.159. The van der Waals surface area contributed by atoms with E-state index in [-0.39, 0.29) is 23.7 Å². The number of hydrogen-bond donors (Lipinski definition) is 2. The van der Waals surface area contributed by atoms with Crippen molar-refractivity contribution in [2.75, 3.05) is 13.1 Å². The van der Waals surface area contributed by atoms with E-state index in [1.165, 1.54) is 12.1 Å². The van der Waals surface area contributed by atoms with Crippen molar-refractivity contribution >= 4 is 5.91 Å². The lowest BCUT2D eigenvalue weighted by atomic mass is 9.94. The number of benzene rings is 1. The molecule has 2 unspecified atom stereocenters. The van der Waals surface area contributed by atoms with Crippen LogP contribution >= 0.6 is 0 Å². The fraction of sp³-hybridized carbons (Fsp3) is 0.474. The molecule has 1 aromatic carbocycles. The Morgan fingerprint density at radius 1 is 1.36 bits per heavy atom. The van der Waals surface area contributed by atoms with Crippen LogP contribution in [0.2, 0.25) is 0 Å². The number of carbonyl (C=O) groups is 1. The van der Waals surface area contributed by atoms with E-state index in [0.717, 1.165) is 30.9 Å². The summed E-state index contributed by atoms with van der Waals surface area (Å²) in [5, 5.41) is 10.9. The van der Waals surface area contributed by atoms with Crippen molar-refractivity contribution < 1.29 is 9.18 Å². The molecule has 2 heterocycles. The molecule has 1 fully saturated rings. The first-order valence-electron chi connectivity index (χ1n) is 8.82. The molecule has 0 radical (unpaired) electrons. The molecule has 5 nitrogen and oxygen atoms in total. The Labute approximate surface area is 147 Å². The zero-order valence-corrected chi connectivity index (χ0v) is 14.9. The average Bonchev–Trinajstić information content (AvgIpc) is 3.03. The monoisotopic (exact) mass is 344 g/mol. The number of carbonyl (C=O) groups excluding carboxylic acids is 1. The number of amides is 1. The highest BCUT2D eigenvalue weighted by Gasteiger charge is 2.26. The van der Waals surface area contributed by atoms with E-state index in [2.05, 4.69) is 22.7 Å². The summed E-state index contributed by atoms with van der Waals surface area (Å²) < 4.78 is 14.9. The fourth-order valence-corrected chi connectivity index (χ4v) is 3.31. The molecule has 25 heavy (non-hydrogen) atoms. The van der Waals surface area contributed by atoms with Crippen molar-refractivity contribution in [1.29, 1.82) is 0 Å². The van der Waals surface area contributed by atoms with Crippen LogP contribution in [0.25, 0.3) is 5.69 Å². The Morgan fingerprint density at radius 3 is 2.72 bits per heavy atom. The van der Waals surface area contributed by atoms with Gasteiger partial charge in [-0.2, -0.15) is 5.10 Å². The van der Waals surface area contributed by atoms with Gasteiger partial charge >= 0.3 is 0 Å². The third-order valence-corrected chi connectivity index (χ3v) is 4.81. The van der Waals surface area contributed by atoms with Gasteiger partial charge in [-0.25, -0.2) is 9.07 Å². The van der Waals surface area contributed by atoms with Crippen molar-refractivity contribution in [3.8, 4) is 5.69 Å². The number of piperidine rings is 1. The molecule has 0 bridgehead atoms. The molecular formula is C19H25FN4O. The van der Waals surface area contributed by atoms with Gasteiger partial charge in [0.15, 0.2) is 0 Å². The lowest BCUT2D eigenvalue weighted by Crippen LogP contribution is -2.50. The van der Waals surface area contributed by atoms with Gasteiger partial charge in [-0.1, -0.05) is 20.8 Å². The van der Waals surface area contributed by atoms with Crippen LogP contribution in [0.3, 0.4) is 0 Å². The van der Waals surface area contributed by atoms with Crippen LogP contribution in [0, 0.1) is 11.7 Å². The molecule has 6 heteroatoms. The lowest BCUT2D eigenvalue weighted by Gasteiger charge is -2.30. The third kappa shape index (κ3) is 3.74. The second-order valence-electron chi connectivity index (χ2n) is 7.04. The highest BCUT2D eigenvalue weighted by molar-refractivity contribution is 5.95. The molecule has 2 N–H and O–H groups in total. The molecular weight excluding hydrogens is 319 g/mol. The number of hydrogen-bond acceptors (Lipinski definition) is 3. The van der Waals surface area contributed by atoms with Gasteiger partial charge in [0.2, 0.25) is 0 Å². The van der Waals surface area contributed by atoms with Gasteiger partial charge in [-0.05, 0) is 49.1 Å². The summed E-state index contributed by atoms with van der Waals surface area (Å²) in [6, 6.07) is 6.26. The first-order chi connectivity index (χ1) is 12.0. The van der Waals surface area contributed by atoms with E-state index in [0.29, 0.717) is 11.5 Å². The number of nitrogens with one attached hydrogen (secondary N) is 2. The largest absolute Gasteiger partial charge is 0.348 e. The standard InChI is InChI=1S/C19H25FN4O/c1-12(2)18-16(19(25)23-17-11-21-9-8-13(17)3)10-22-24(18)15-6-4-14(20)5-7-15/h4-7,10,12-13,17,21H,8-9,11H2,1-3H3,(H,23,25). The molecule has 0 spiro atoms. The van der Waals surface area contributed by atoms with E-state index in [4.69, 9.17) is 0 Å². The highest BCUT2D eigenvalue weighted by atomic mass is 19.1. The van der Waals surface area contributed by atoms with E-state index in [1.54, 1.807) is 23.0 Å². The minimum atomic E-state index is -0.293. The smallest absolute Gasteiger partial charge is 0.255 e. The van der Waals surface area contributed by atoms with Gasteiger partial charge in [0.1, 0.15) is 5.82 Å². The Morgan fingerprint density at radius 2 is 2.08 bits per heavy atom. The van der Waals surface area contributed by atoms with Crippen molar-refractivity contribution in [3.05, 3.63) is 47.5 Å². The number of aromatic nitrogens is 2. The van der Waals surface area contributed by atoms with Gasteiger partial charge in [0, 0.05) is 12.6 Å². The summed E-state index contributed by atoms with van der Waals surface area (Å²) in [6.45, 7) is 8.00. The Balaban J connectivity index is 1.88. The highest BCUT2D eigenvalue weighted by Crippen LogP contribution is 2.24. The fourth-order valence-electron chi connectivity index (χ4n) is 3.31. The number of nitrogens with zero attached hydrogens (tertiary/aromatic N) is 2. The van der Waals surface area contributed by atoms with E-state index in [9.17, 15) is 9.18 Å². The predicted octanol–water partition coefficient (Wildman–Crippen LogP) is 2.86. The van der Waals surface area contributed by atoms with Crippen molar-refractivity contribution in [3.63, 3.8) is 0 Å².